The Morgan fingerprint density at radius 3 is 1.16 bits per heavy atom. The molecule has 0 spiro atoms. The minimum atomic E-state index is -0.590. The lowest BCUT2D eigenvalue weighted by Gasteiger charge is -2.25. The molecule has 8 nitrogen and oxygen atoms in total. The summed E-state index contributed by atoms with van der Waals surface area (Å²) in [6, 6.07) is 32.9. The number of carbonyl (C=O) groups is 5. The molecule has 5 aromatic carbocycles. The average molecular weight is 566 g/mol. The minimum absolute atomic E-state index is 0.00831. The van der Waals surface area contributed by atoms with Gasteiger partial charge in [0.2, 0.25) is 0 Å². The zero-order valence-electron chi connectivity index (χ0n) is 22.6. The lowest BCUT2D eigenvalue weighted by Crippen LogP contribution is -2.28. The molecule has 0 radical (unpaired) electrons. The van der Waals surface area contributed by atoms with E-state index in [-0.39, 0.29) is 39.3 Å². The molecule has 0 atom stereocenters. The number of hydrogen-bond donors (Lipinski definition) is 3. The molecule has 8 heteroatoms. The van der Waals surface area contributed by atoms with Gasteiger partial charge in [-0.2, -0.15) is 0 Å². The summed E-state index contributed by atoms with van der Waals surface area (Å²) in [5, 5.41) is 8.26. The van der Waals surface area contributed by atoms with Gasteiger partial charge in [-0.1, -0.05) is 66.7 Å². The summed E-state index contributed by atoms with van der Waals surface area (Å²) < 4.78 is 0. The number of carbonyl (C=O) groups excluding carboxylic acids is 5. The van der Waals surface area contributed by atoms with E-state index in [1.54, 1.807) is 103 Å². The summed E-state index contributed by atoms with van der Waals surface area (Å²) in [4.78, 5) is 67.5. The summed E-state index contributed by atoms with van der Waals surface area (Å²) >= 11 is 0. The van der Waals surface area contributed by atoms with Crippen molar-refractivity contribution in [3.63, 3.8) is 0 Å². The summed E-state index contributed by atoms with van der Waals surface area (Å²) in [5.74, 6) is -2.55. The van der Waals surface area contributed by atoms with E-state index in [9.17, 15) is 24.0 Å². The molecule has 208 valence electrons. The molecule has 1 aliphatic carbocycles. The second-order valence-corrected chi connectivity index (χ2v) is 9.76. The van der Waals surface area contributed by atoms with Crippen LogP contribution < -0.4 is 16.0 Å². The topological polar surface area (TPSA) is 121 Å². The van der Waals surface area contributed by atoms with Crippen LogP contribution in [0, 0.1) is 0 Å². The van der Waals surface area contributed by atoms with Crippen molar-refractivity contribution in [2.24, 2.45) is 0 Å². The second-order valence-electron chi connectivity index (χ2n) is 9.76. The fourth-order valence-electron chi connectivity index (χ4n) is 4.98. The molecule has 0 heterocycles. The van der Waals surface area contributed by atoms with E-state index in [1.165, 1.54) is 18.2 Å². The Labute approximate surface area is 246 Å². The van der Waals surface area contributed by atoms with Crippen LogP contribution in [-0.4, -0.2) is 29.3 Å². The smallest absolute Gasteiger partial charge is 0.255 e. The van der Waals surface area contributed by atoms with Gasteiger partial charge in [0, 0.05) is 22.3 Å². The highest BCUT2D eigenvalue weighted by Gasteiger charge is 2.37. The molecule has 0 saturated carbocycles. The fraction of sp³-hybridized carbons (Fsp3) is 0. The largest absolute Gasteiger partial charge is 0.321 e. The molecular weight excluding hydrogens is 542 g/mol. The Morgan fingerprint density at radius 2 is 0.744 bits per heavy atom. The number of anilines is 3. The van der Waals surface area contributed by atoms with Gasteiger partial charge in [-0.15, -0.1) is 0 Å². The van der Waals surface area contributed by atoms with Crippen LogP contribution in [0.4, 0.5) is 17.1 Å². The Bertz CT molecular complexity index is 1920. The van der Waals surface area contributed by atoms with Crippen LogP contribution in [-0.2, 0) is 0 Å². The van der Waals surface area contributed by atoms with Crippen LogP contribution >= 0.6 is 0 Å². The van der Waals surface area contributed by atoms with Crippen molar-refractivity contribution in [3.05, 3.63) is 160 Å². The molecule has 0 aliphatic heterocycles. The van der Waals surface area contributed by atoms with Crippen LogP contribution in [0.15, 0.2) is 121 Å². The second kappa shape index (κ2) is 11.4. The first kappa shape index (κ1) is 27.0. The van der Waals surface area contributed by atoms with E-state index in [4.69, 9.17) is 0 Å². The molecule has 0 aromatic heterocycles. The number of amides is 3. The highest BCUT2D eigenvalue weighted by Crippen LogP contribution is 2.39. The number of nitrogens with one attached hydrogen (secondary N) is 3. The monoisotopic (exact) mass is 565 g/mol. The van der Waals surface area contributed by atoms with Crippen molar-refractivity contribution < 1.29 is 24.0 Å². The Morgan fingerprint density at radius 1 is 0.372 bits per heavy atom. The SMILES string of the molecule is O=C(Nc1cccc2c1C(=O)c1c(NC(=O)c3ccccc3)ccc(NC(=O)c3ccccc3)c1C2=O)c1ccccc1. The zero-order valence-corrected chi connectivity index (χ0v) is 22.6. The normalized spacial score (nSPS) is 11.6. The van der Waals surface area contributed by atoms with E-state index in [2.05, 4.69) is 16.0 Å². The van der Waals surface area contributed by atoms with Crippen molar-refractivity contribution in [2.75, 3.05) is 16.0 Å². The number of ketones is 2. The highest BCUT2D eigenvalue weighted by atomic mass is 16.2. The van der Waals surface area contributed by atoms with E-state index < -0.39 is 29.3 Å². The van der Waals surface area contributed by atoms with Crippen molar-refractivity contribution >= 4 is 46.4 Å². The van der Waals surface area contributed by atoms with E-state index in [0.29, 0.717) is 16.7 Å². The molecule has 6 rings (SSSR count). The third-order valence-electron chi connectivity index (χ3n) is 7.05. The first-order valence-corrected chi connectivity index (χ1v) is 13.4. The maximum atomic E-state index is 14.3. The van der Waals surface area contributed by atoms with Crippen molar-refractivity contribution in [2.45, 2.75) is 0 Å². The molecule has 3 amide bonds. The molecule has 0 saturated heterocycles. The molecule has 0 fully saturated rings. The molecular formula is C35H23N3O5. The summed E-state index contributed by atoms with van der Waals surface area (Å²) in [7, 11) is 0. The van der Waals surface area contributed by atoms with Crippen LogP contribution in [0.3, 0.4) is 0 Å². The molecule has 1 aliphatic rings. The molecule has 43 heavy (non-hydrogen) atoms. The number of rotatable bonds is 6. The van der Waals surface area contributed by atoms with Crippen LogP contribution in [0.5, 0.6) is 0 Å². The quantitative estimate of drug-likeness (QED) is 0.221. The van der Waals surface area contributed by atoms with Gasteiger partial charge in [0.15, 0.2) is 11.6 Å². The molecule has 0 bridgehead atoms. The maximum Gasteiger partial charge on any atom is 0.255 e. The van der Waals surface area contributed by atoms with E-state index >= 15 is 0 Å². The predicted octanol–water partition coefficient (Wildman–Crippen LogP) is 6.22. The van der Waals surface area contributed by atoms with Gasteiger partial charge in [0.25, 0.3) is 17.7 Å². The predicted molar refractivity (Wildman–Crippen MR) is 163 cm³/mol. The fourth-order valence-corrected chi connectivity index (χ4v) is 4.98. The Kier molecular flexibility index (Phi) is 7.16. The van der Waals surface area contributed by atoms with Gasteiger partial charge in [-0.25, -0.2) is 0 Å². The highest BCUT2D eigenvalue weighted by molar-refractivity contribution is 6.35. The molecule has 5 aromatic rings. The van der Waals surface area contributed by atoms with Gasteiger partial charge in [0.05, 0.1) is 33.8 Å². The third-order valence-corrected chi connectivity index (χ3v) is 7.05. The lowest BCUT2D eigenvalue weighted by molar-refractivity contribution is 0.0977. The van der Waals surface area contributed by atoms with Crippen molar-refractivity contribution in [1.29, 1.82) is 0 Å². The van der Waals surface area contributed by atoms with Crippen molar-refractivity contribution in [1.82, 2.24) is 0 Å². The van der Waals surface area contributed by atoms with Crippen molar-refractivity contribution in [3.8, 4) is 0 Å². The third kappa shape index (κ3) is 5.20. The van der Waals surface area contributed by atoms with Gasteiger partial charge < -0.3 is 16.0 Å². The van der Waals surface area contributed by atoms with Gasteiger partial charge in [0.1, 0.15) is 0 Å². The summed E-state index contributed by atoms with van der Waals surface area (Å²) in [5.41, 5.74) is 1.34. The first-order valence-electron chi connectivity index (χ1n) is 13.4. The van der Waals surface area contributed by atoms with Crippen LogP contribution in [0.2, 0.25) is 0 Å². The van der Waals surface area contributed by atoms with Crippen LogP contribution in [0.1, 0.15) is 62.9 Å². The van der Waals surface area contributed by atoms with Gasteiger partial charge >= 0.3 is 0 Å². The van der Waals surface area contributed by atoms with Crippen LogP contribution in [0.25, 0.3) is 0 Å². The molecule has 0 unspecified atom stereocenters. The summed E-state index contributed by atoms with van der Waals surface area (Å²) in [6.45, 7) is 0. The Hall–Kier alpha value is -6.15. The molecule has 3 N–H and O–H groups in total. The van der Waals surface area contributed by atoms with Gasteiger partial charge in [-0.05, 0) is 54.6 Å². The first-order chi connectivity index (χ1) is 20.9. The van der Waals surface area contributed by atoms with E-state index in [1.807, 2.05) is 0 Å². The lowest BCUT2D eigenvalue weighted by atomic mass is 9.81. The zero-order chi connectivity index (χ0) is 29.9. The average Bonchev–Trinajstić information content (AvgIpc) is 3.05. The standard InChI is InChI=1S/C35H23N3O5/c39-31-24-17-10-18-25(36-33(41)21-11-4-1-5-12-21)28(24)32(40)30-27(38-35(43)23-15-8-3-9-16-23)20-19-26(29(30)31)37-34(42)22-13-6-2-7-14-22/h1-20H,(H,36,41)(H,37,42)(H,38,43). The number of benzene rings is 5. The maximum absolute atomic E-state index is 14.3. The number of fused-ring (bicyclic) bond motifs is 2. The van der Waals surface area contributed by atoms with Gasteiger partial charge in [-0.3, -0.25) is 24.0 Å². The number of hydrogen-bond acceptors (Lipinski definition) is 5. The summed E-state index contributed by atoms with van der Waals surface area (Å²) in [6.07, 6.45) is 0. The van der Waals surface area contributed by atoms with E-state index in [0.717, 1.165) is 0 Å². The Balaban J connectivity index is 1.45. The minimum Gasteiger partial charge on any atom is -0.321 e.